The van der Waals surface area contributed by atoms with Crippen LogP contribution in [0.2, 0.25) is 0 Å². The number of hydrogen-bond donors (Lipinski definition) is 0. The van der Waals surface area contributed by atoms with Crippen LogP contribution in [0.5, 0.6) is 17.2 Å². The van der Waals surface area contributed by atoms with E-state index in [1.54, 1.807) is 20.4 Å². The largest absolute Gasteiger partial charge is 0.493 e. The number of aromatic nitrogens is 1. The summed E-state index contributed by atoms with van der Waals surface area (Å²) in [7, 11) is 3.22. The lowest BCUT2D eigenvalue weighted by atomic mass is 10.2. The molecule has 1 aromatic carbocycles. The summed E-state index contributed by atoms with van der Waals surface area (Å²) < 4.78 is 16.1. The van der Waals surface area contributed by atoms with E-state index >= 15 is 0 Å². The van der Waals surface area contributed by atoms with Gasteiger partial charge in [0.05, 0.1) is 32.0 Å². The molecular formula is C15H16ClNO3. The molecule has 0 fully saturated rings. The van der Waals surface area contributed by atoms with E-state index in [0.717, 1.165) is 11.3 Å². The molecule has 0 aliphatic rings. The van der Waals surface area contributed by atoms with Crippen molar-refractivity contribution in [3.05, 3.63) is 47.8 Å². The van der Waals surface area contributed by atoms with Gasteiger partial charge in [0.1, 0.15) is 12.4 Å². The normalized spacial score (nSPS) is 10.2. The van der Waals surface area contributed by atoms with Crippen LogP contribution in [0.3, 0.4) is 0 Å². The molecule has 5 heteroatoms. The molecule has 0 unspecified atom stereocenters. The number of nitrogens with zero attached hydrogens (tertiary/aromatic N) is 1. The predicted octanol–water partition coefficient (Wildman–Crippen LogP) is 3.42. The Morgan fingerprint density at radius 2 is 1.85 bits per heavy atom. The van der Waals surface area contributed by atoms with Gasteiger partial charge < -0.3 is 14.2 Å². The Morgan fingerprint density at radius 3 is 2.45 bits per heavy atom. The Morgan fingerprint density at radius 1 is 1.05 bits per heavy atom. The highest BCUT2D eigenvalue weighted by atomic mass is 35.5. The average molecular weight is 294 g/mol. The van der Waals surface area contributed by atoms with Crippen molar-refractivity contribution < 1.29 is 14.2 Å². The molecule has 0 atom stereocenters. The minimum atomic E-state index is 0.399. The van der Waals surface area contributed by atoms with Crippen molar-refractivity contribution in [2.45, 2.75) is 12.5 Å². The third kappa shape index (κ3) is 3.54. The second-order valence-corrected chi connectivity index (χ2v) is 4.36. The molecule has 0 radical (unpaired) electrons. The lowest BCUT2D eigenvalue weighted by molar-refractivity contribution is 0.302. The second kappa shape index (κ2) is 7.01. The fourth-order valence-corrected chi connectivity index (χ4v) is 1.87. The summed E-state index contributed by atoms with van der Waals surface area (Å²) in [6.07, 6.45) is 1.67. The first-order chi connectivity index (χ1) is 9.76. The fourth-order valence-electron chi connectivity index (χ4n) is 1.71. The van der Waals surface area contributed by atoms with Crippen molar-refractivity contribution in [2.75, 3.05) is 14.2 Å². The number of ether oxygens (including phenoxy) is 3. The Hall–Kier alpha value is -1.94. The molecule has 2 aromatic rings. The van der Waals surface area contributed by atoms with Gasteiger partial charge in [0.2, 0.25) is 0 Å². The fraction of sp³-hybridized carbons (Fsp3) is 0.267. The van der Waals surface area contributed by atoms with Crippen molar-refractivity contribution in [3.8, 4) is 17.2 Å². The van der Waals surface area contributed by atoms with Gasteiger partial charge in [0.25, 0.3) is 0 Å². The molecular weight excluding hydrogens is 278 g/mol. The van der Waals surface area contributed by atoms with Crippen LogP contribution in [0.1, 0.15) is 11.3 Å². The van der Waals surface area contributed by atoms with Gasteiger partial charge in [-0.2, -0.15) is 0 Å². The van der Waals surface area contributed by atoms with Gasteiger partial charge in [-0.25, -0.2) is 0 Å². The number of pyridine rings is 1. The van der Waals surface area contributed by atoms with E-state index in [4.69, 9.17) is 25.8 Å². The summed E-state index contributed by atoms with van der Waals surface area (Å²) in [5.41, 5.74) is 1.81. The maximum atomic E-state index is 5.69. The summed E-state index contributed by atoms with van der Waals surface area (Å²) in [4.78, 5) is 4.17. The lowest BCUT2D eigenvalue weighted by Gasteiger charge is -2.10. The maximum Gasteiger partial charge on any atom is 0.161 e. The van der Waals surface area contributed by atoms with E-state index in [2.05, 4.69) is 4.98 Å². The molecule has 2 rings (SSSR count). The monoisotopic (exact) mass is 293 g/mol. The lowest BCUT2D eigenvalue weighted by Crippen LogP contribution is -1.98. The Bertz CT molecular complexity index is 558. The van der Waals surface area contributed by atoms with Gasteiger partial charge in [-0.15, -0.1) is 11.6 Å². The van der Waals surface area contributed by atoms with E-state index in [0.29, 0.717) is 29.7 Å². The van der Waals surface area contributed by atoms with Crippen molar-refractivity contribution in [1.82, 2.24) is 4.98 Å². The van der Waals surface area contributed by atoms with Gasteiger partial charge in [0.15, 0.2) is 11.5 Å². The first-order valence-electron chi connectivity index (χ1n) is 6.11. The van der Waals surface area contributed by atoms with Crippen LogP contribution in [0.15, 0.2) is 36.5 Å². The Balaban J connectivity index is 2.02. The maximum absolute atomic E-state index is 5.69. The van der Waals surface area contributed by atoms with Crippen LogP contribution in [0.4, 0.5) is 0 Å². The number of alkyl halides is 1. The molecule has 0 saturated heterocycles. The molecule has 0 aliphatic heterocycles. The van der Waals surface area contributed by atoms with Crippen molar-refractivity contribution >= 4 is 11.6 Å². The second-order valence-electron chi connectivity index (χ2n) is 4.10. The molecule has 4 nitrogen and oxygen atoms in total. The van der Waals surface area contributed by atoms with Crippen molar-refractivity contribution in [1.29, 1.82) is 0 Å². The summed E-state index contributed by atoms with van der Waals surface area (Å²) >= 11 is 5.69. The number of benzene rings is 1. The molecule has 0 saturated carbocycles. The predicted molar refractivity (Wildman–Crippen MR) is 77.7 cm³/mol. The van der Waals surface area contributed by atoms with E-state index < -0.39 is 0 Å². The van der Waals surface area contributed by atoms with Crippen LogP contribution in [0, 0.1) is 0 Å². The highest BCUT2D eigenvalue weighted by Crippen LogP contribution is 2.28. The minimum absolute atomic E-state index is 0.399. The third-order valence-electron chi connectivity index (χ3n) is 2.79. The number of halogens is 1. The smallest absolute Gasteiger partial charge is 0.161 e. The van der Waals surface area contributed by atoms with E-state index in [1.165, 1.54) is 0 Å². The Labute approximate surface area is 123 Å². The van der Waals surface area contributed by atoms with Gasteiger partial charge >= 0.3 is 0 Å². The molecule has 0 aliphatic carbocycles. The van der Waals surface area contributed by atoms with Crippen LogP contribution in [-0.2, 0) is 12.5 Å². The molecule has 0 bridgehead atoms. The molecule has 0 amide bonds. The molecule has 1 aromatic heterocycles. The highest BCUT2D eigenvalue weighted by molar-refractivity contribution is 6.16. The number of hydrogen-bond acceptors (Lipinski definition) is 4. The minimum Gasteiger partial charge on any atom is -0.493 e. The third-order valence-corrected chi connectivity index (χ3v) is 3.06. The summed E-state index contributed by atoms with van der Waals surface area (Å²) in [6, 6.07) is 9.37. The van der Waals surface area contributed by atoms with Crippen LogP contribution >= 0.6 is 11.6 Å². The van der Waals surface area contributed by atoms with Crippen molar-refractivity contribution in [3.63, 3.8) is 0 Å². The summed E-state index contributed by atoms with van der Waals surface area (Å²) in [6.45, 7) is 0.433. The van der Waals surface area contributed by atoms with Gasteiger partial charge in [-0.3, -0.25) is 4.98 Å². The highest BCUT2D eigenvalue weighted by Gasteiger charge is 2.05. The molecule has 106 valence electrons. The topological polar surface area (TPSA) is 40.6 Å². The van der Waals surface area contributed by atoms with Crippen LogP contribution in [-0.4, -0.2) is 19.2 Å². The number of methoxy groups -OCH3 is 2. The quantitative estimate of drug-likeness (QED) is 0.765. The van der Waals surface area contributed by atoms with E-state index in [-0.39, 0.29) is 0 Å². The summed E-state index contributed by atoms with van der Waals surface area (Å²) in [5.74, 6) is 2.48. The zero-order valence-electron chi connectivity index (χ0n) is 11.4. The van der Waals surface area contributed by atoms with Crippen LogP contribution in [0.25, 0.3) is 0 Å². The van der Waals surface area contributed by atoms with Gasteiger partial charge in [-0.1, -0.05) is 6.07 Å². The van der Waals surface area contributed by atoms with Crippen molar-refractivity contribution in [2.24, 2.45) is 0 Å². The molecule has 0 spiro atoms. The average Bonchev–Trinajstić information content (AvgIpc) is 2.53. The zero-order valence-corrected chi connectivity index (χ0v) is 12.2. The first-order valence-corrected chi connectivity index (χ1v) is 6.65. The Kier molecular flexibility index (Phi) is 5.07. The van der Waals surface area contributed by atoms with E-state index in [9.17, 15) is 0 Å². The molecule has 20 heavy (non-hydrogen) atoms. The van der Waals surface area contributed by atoms with Crippen LogP contribution < -0.4 is 14.2 Å². The van der Waals surface area contributed by atoms with Gasteiger partial charge in [0, 0.05) is 0 Å². The molecule has 0 N–H and O–H groups in total. The summed E-state index contributed by atoms with van der Waals surface area (Å²) in [5, 5.41) is 0. The SMILES string of the molecule is COc1ccc(COc2ccc(CCl)nc2)cc1OC. The standard InChI is InChI=1S/C15H16ClNO3/c1-18-14-6-3-11(7-15(14)19-2)10-20-13-5-4-12(8-16)17-9-13/h3-7,9H,8,10H2,1-2H3. The number of rotatable bonds is 6. The van der Waals surface area contributed by atoms with Gasteiger partial charge in [-0.05, 0) is 29.8 Å². The molecule has 1 heterocycles. The van der Waals surface area contributed by atoms with E-state index in [1.807, 2.05) is 30.3 Å². The first kappa shape index (κ1) is 14.5. The zero-order chi connectivity index (χ0) is 14.4.